The summed E-state index contributed by atoms with van der Waals surface area (Å²) in [7, 11) is 1.66. The zero-order valence-electron chi connectivity index (χ0n) is 17.5. The molecule has 4 nitrogen and oxygen atoms in total. The van der Waals surface area contributed by atoms with Crippen LogP contribution in [0.1, 0.15) is 37.8 Å². The molecule has 2 aromatic rings. The molecule has 0 N–H and O–H groups in total. The molecule has 1 aliphatic rings. The lowest BCUT2D eigenvalue weighted by Crippen LogP contribution is -2.48. The topological polar surface area (TPSA) is 32.8 Å². The summed E-state index contributed by atoms with van der Waals surface area (Å²) in [5.41, 5.74) is 3.59. The third-order valence-electron chi connectivity index (χ3n) is 5.51. The summed E-state index contributed by atoms with van der Waals surface area (Å²) < 4.78 is 5.38. The maximum atomic E-state index is 13.0. The van der Waals surface area contributed by atoms with E-state index in [0.29, 0.717) is 0 Å². The van der Waals surface area contributed by atoms with Crippen molar-refractivity contribution >= 4 is 11.6 Å². The van der Waals surface area contributed by atoms with Crippen LogP contribution in [0.3, 0.4) is 0 Å². The molecule has 3 rings (SSSR count). The van der Waals surface area contributed by atoms with E-state index in [9.17, 15) is 4.79 Å². The Balaban J connectivity index is 1.70. The number of carbonyl (C=O) groups is 1. The number of anilines is 1. The summed E-state index contributed by atoms with van der Waals surface area (Å²) in [5, 5.41) is 0. The van der Waals surface area contributed by atoms with E-state index in [1.807, 2.05) is 43.0 Å². The van der Waals surface area contributed by atoms with E-state index in [1.165, 1.54) is 11.1 Å². The quantitative estimate of drug-likeness (QED) is 0.731. The van der Waals surface area contributed by atoms with Crippen LogP contribution in [-0.2, 0) is 11.3 Å². The van der Waals surface area contributed by atoms with Crippen molar-refractivity contribution in [3.63, 3.8) is 0 Å². The first kappa shape index (κ1) is 20.4. The average molecular weight is 381 g/mol. The van der Waals surface area contributed by atoms with Gasteiger partial charge in [-0.05, 0) is 37.5 Å². The molecule has 1 aliphatic heterocycles. The Morgan fingerprint density at radius 2 is 1.82 bits per heavy atom. The lowest BCUT2D eigenvalue weighted by Gasteiger charge is -2.39. The van der Waals surface area contributed by atoms with Gasteiger partial charge in [-0.25, -0.2) is 0 Å². The standard InChI is InChI=1S/C24H32N2O2/c1-18(2)24(27)26(22-6-5-7-23(16-22)28-4)21-12-14-25(15-13-21)17-20-10-8-19(3)9-11-20/h5-11,16,18,21H,12-15,17H2,1-4H3. The van der Waals surface area contributed by atoms with Crippen molar-refractivity contribution in [2.45, 2.75) is 46.2 Å². The first-order valence-electron chi connectivity index (χ1n) is 10.2. The highest BCUT2D eigenvalue weighted by molar-refractivity contribution is 5.95. The second-order valence-electron chi connectivity index (χ2n) is 8.06. The number of hydrogen-bond acceptors (Lipinski definition) is 3. The summed E-state index contributed by atoms with van der Waals surface area (Å²) in [5.74, 6) is 0.942. The monoisotopic (exact) mass is 380 g/mol. The Bertz CT molecular complexity index is 777. The van der Waals surface area contributed by atoms with Crippen LogP contribution in [0.5, 0.6) is 5.75 Å². The van der Waals surface area contributed by atoms with E-state index < -0.39 is 0 Å². The lowest BCUT2D eigenvalue weighted by atomic mass is 9.99. The number of benzene rings is 2. The third-order valence-corrected chi connectivity index (χ3v) is 5.51. The smallest absolute Gasteiger partial charge is 0.229 e. The molecule has 2 aromatic carbocycles. The number of methoxy groups -OCH3 is 1. The van der Waals surface area contributed by atoms with Gasteiger partial charge in [-0.3, -0.25) is 9.69 Å². The van der Waals surface area contributed by atoms with Gasteiger partial charge in [0.15, 0.2) is 0 Å². The molecule has 150 valence electrons. The molecule has 0 radical (unpaired) electrons. The second kappa shape index (κ2) is 9.24. The SMILES string of the molecule is COc1cccc(N(C(=O)C(C)C)C2CCN(Cc3ccc(C)cc3)CC2)c1. The van der Waals surface area contributed by atoms with Crippen molar-refractivity contribution in [3.8, 4) is 5.75 Å². The molecule has 1 amide bonds. The van der Waals surface area contributed by atoms with Crippen LogP contribution in [0.2, 0.25) is 0 Å². The summed E-state index contributed by atoms with van der Waals surface area (Å²) in [4.78, 5) is 17.5. The fourth-order valence-corrected chi connectivity index (χ4v) is 3.84. The number of nitrogens with zero attached hydrogens (tertiary/aromatic N) is 2. The molecule has 0 spiro atoms. The Morgan fingerprint density at radius 1 is 1.14 bits per heavy atom. The van der Waals surface area contributed by atoms with E-state index in [4.69, 9.17) is 4.74 Å². The normalized spacial score (nSPS) is 15.6. The van der Waals surface area contributed by atoms with Crippen LogP contribution >= 0.6 is 0 Å². The number of rotatable bonds is 6. The zero-order valence-corrected chi connectivity index (χ0v) is 17.5. The molecular weight excluding hydrogens is 348 g/mol. The number of carbonyl (C=O) groups excluding carboxylic acids is 1. The summed E-state index contributed by atoms with van der Waals surface area (Å²) in [6, 6.07) is 16.9. The van der Waals surface area contributed by atoms with E-state index in [2.05, 4.69) is 36.1 Å². The predicted molar refractivity (Wildman–Crippen MR) is 115 cm³/mol. The van der Waals surface area contributed by atoms with Gasteiger partial charge in [0.05, 0.1) is 7.11 Å². The third kappa shape index (κ3) is 4.93. The molecule has 0 bridgehead atoms. The molecule has 1 heterocycles. The minimum Gasteiger partial charge on any atom is -0.497 e. The highest BCUT2D eigenvalue weighted by Gasteiger charge is 2.30. The van der Waals surface area contributed by atoms with Gasteiger partial charge in [0.25, 0.3) is 0 Å². The molecule has 0 unspecified atom stereocenters. The van der Waals surface area contributed by atoms with Crippen molar-refractivity contribution in [2.75, 3.05) is 25.1 Å². The van der Waals surface area contributed by atoms with E-state index in [0.717, 1.165) is 43.9 Å². The fraction of sp³-hybridized carbons (Fsp3) is 0.458. The van der Waals surface area contributed by atoms with E-state index >= 15 is 0 Å². The van der Waals surface area contributed by atoms with Crippen molar-refractivity contribution in [2.24, 2.45) is 5.92 Å². The van der Waals surface area contributed by atoms with Crippen LogP contribution in [0.4, 0.5) is 5.69 Å². The van der Waals surface area contributed by atoms with Crippen LogP contribution in [0.25, 0.3) is 0 Å². The summed E-state index contributed by atoms with van der Waals surface area (Å²) in [6.07, 6.45) is 1.98. The van der Waals surface area contributed by atoms with Gasteiger partial charge in [0, 0.05) is 43.3 Å². The second-order valence-corrected chi connectivity index (χ2v) is 8.06. The molecule has 0 aromatic heterocycles. The van der Waals surface area contributed by atoms with Crippen molar-refractivity contribution in [1.29, 1.82) is 0 Å². The minimum absolute atomic E-state index is 0.0308. The van der Waals surface area contributed by atoms with Crippen molar-refractivity contribution in [3.05, 3.63) is 59.7 Å². The molecule has 1 saturated heterocycles. The highest BCUT2D eigenvalue weighted by Crippen LogP contribution is 2.29. The van der Waals surface area contributed by atoms with Crippen LogP contribution < -0.4 is 9.64 Å². The summed E-state index contributed by atoms with van der Waals surface area (Å²) >= 11 is 0. The van der Waals surface area contributed by atoms with Gasteiger partial charge in [0.1, 0.15) is 5.75 Å². The zero-order chi connectivity index (χ0) is 20.1. The van der Waals surface area contributed by atoms with Crippen molar-refractivity contribution in [1.82, 2.24) is 4.90 Å². The average Bonchev–Trinajstić information content (AvgIpc) is 2.71. The Hall–Kier alpha value is -2.33. The maximum absolute atomic E-state index is 13.0. The van der Waals surface area contributed by atoms with Crippen LogP contribution in [-0.4, -0.2) is 37.0 Å². The van der Waals surface area contributed by atoms with E-state index in [-0.39, 0.29) is 17.9 Å². The van der Waals surface area contributed by atoms with Gasteiger partial charge in [0.2, 0.25) is 5.91 Å². The first-order chi connectivity index (χ1) is 13.5. The fourth-order valence-electron chi connectivity index (χ4n) is 3.84. The minimum atomic E-state index is -0.0308. The number of ether oxygens (including phenoxy) is 1. The van der Waals surface area contributed by atoms with Gasteiger partial charge < -0.3 is 9.64 Å². The number of aryl methyl sites for hydroxylation is 1. The van der Waals surface area contributed by atoms with Gasteiger partial charge in [-0.1, -0.05) is 49.7 Å². The maximum Gasteiger partial charge on any atom is 0.229 e. The van der Waals surface area contributed by atoms with Crippen LogP contribution in [0, 0.1) is 12.8 Å². The number of likely N-dealkylation sites (tertiary alicyclic amines) is 1. The number of hydrogen-bond donors (Lipinski definition) is 0. The molecule has 0 atom stereocenters. The first-order valence-corrected chi connectivity index (χ1v) is 10.2. The Kier molecular flexibility index (Phi) is 6.74. The molecule has 28 heavy (non-hydrogen) atoms. The van der Waals surface area contributed by atoms with Gasteiger partial charge in [-0.2, -0.15) is 0 Å². The Labute approximate surface area is 169 Å². The molecule has 0 aliphatic carbocycles. The highest BCUT2D eigenvalue weighted by atomic mass is 16.5. The van der Waals surface area contributed by atoms with Crippen LogP contribution in [0.15, 0.2) is 48.5 Å². The number of amides is 1. The largest absolute Gasteiger partial charge is 0.497 e. The van der Waals surface area contributed by atoms with Gasteiger partial charge in [-0.15, -0.1) is 0 Å². The Morgan fingerprint density at radius 3 is 2.43 bits per heavy atom. The van der Waals surface area contributed by atoms with Gasteiger partial charge >= 0.3 is 0 Å². The van der Waals surface area contributed by atoms with E-state index in [1.54, 1.807) is 7.11 Å². The molecule has 1 fully saturated rings. The molecule has 4 heteroatoms. The molecule has 0 saturated carbocycles. The molecular formula is C24H32N2O2. The van der Waals surface area contributed by atoms with Crippen molar-refractivity contribution < 1.29 is 9.53 Å². The number of piperidine rings is 1. The summed E-state index contributed by atoms with van der Waals surface area (Å²) in [6.45, 7) is 9.05. The predicted octanol–water partition coefficient (Wildman–Crippen LogP) is 4.66. The lowest BCUT2D eigenvalue weighted by molar-refractivity contribution is -0.122.